The second-order valence-corrected chi connectivity index (χ2v) is 4.71. The highest BCUT2D eigenvalue weighted by Crippen LogP contribution is 2.25. The van der Waals surface area contributed by atoms with Gasteiger partial charge in [0.2, 0.25) is 0 Å². The van der Waals surface area contributed by atoms with Gasteiger partial charge >= 0.3 is 0 Å². The Bertz CT molecular complexity index is 402. The van der Waals surface area contributed by atoms with Crippen molar-refractivity contribution >= 4 is 0 Å². The maximum absolute atomic E-state index is 3.55. The van der Waals surface area contributed by atoms with Crippen LogP contribution in [0.2, 0.25) is 0 Å². The van der Waals surface area contributed by atoms with Gasteiger partial charge in [-0.1, -0.05) is 55.5 Å². The van der Waals surface area contributed by atoms with Gasteiger partial charge in [0.25, 0.3) is 0 Å². The summed E-state index contributed by atoms with van der Waals surface area (Å²) in [4.78, 5) is 0. The monoisotopic (exact) mass is 240 g/mol. The minimum Gasteiger partial charge on any atom is -0.133 e. The van der Waals surface area contributed by atoms with Crippen molar-refractivity contribution in [3.8, 4) is 0 Å². The third-order valence-corrected chi connectivity index (χ3v) is 3.29. The summed E-state index contributed by atoms with van der Waals surface area (Å²) in [6, 6.07) is 8.97. The third kappa shape index (κ3) is 5.21. The van der Waals surface area contributed by atoms with Gasteiger partial charge < -0.3 is 0 Å². The van der Waals surface area contributed by atoms with Crippen LogP contribution in [0.25, 0.3) is 0 Å². The SMILES string of the molecule is C=C=CC/C=C\CCC(CC)c1ccc(C)cc1. The molecule has 18 heavy (non-hydrogen) atoms. The molecule has 0 spiro atoms. The maximum atomic E-state index is 3.55. The number of aryl methyl sites for hydroxylation is 1. The van der Waals surface area contributed by atoms with Crippen LogP contribution in [0.5, 0.6) is 0 Å². The Hall–Kier alpha value is -1.52. The van der Waals surface area contributed by atoms with Crippen LogP contribution >= 0.6 is 0 Å². The Balaban J connectivity index is 2.44. The largest absolute Gasteiger partial charge is 0.133 e. The van der Waals surface area contributed by atoms with Crippen LogP contribution in [0.15, 0.2) is 54.8 Å². The van der Waals surface area contributed by atoms with Crippen molar-refractivity contribution in [2.75, 3.05) is 0 Å². The molecule has 0 radical (unpaired) electrons. The Kier molecular flexibility index (Phi) is 6.91. The summed E-state index contributed by atoms with van der Waals surface area (Å²) in [6.45, 7) is 7.96. The molecule has 0 aliphatic rings. The van der Waals surface area contributed by atoms with Crippen molar-refractivity contribution < 1.29 is 0 Å². The Morgan fingerprint density at radius 2 is 1.94 bits per heavy atom. The summed E-state index contributed by atoms with van der Waals surface area (Å²) in [7, 11) is 0. The highest BCUT2D eigenvalue weighted by atomic mass is 14.1. The van der Waals surface area contributed by atoms with Gasteiger partial charge in [-0.25, -0.2) is 0 Å². The van der Waals surface area contributed by atoms with Crippen LogP contribution in [0.3, 0.4) is 0 Å². The highest BCUT2D eigenvalue weighted by molar-refractivity contribution is 5.24. The molecule has 0 N–H and O–H groups in total. The number of rotatable bonds is 7. The molecule has 0 heterocycles. The zero-order chi connectivity index (χ0) is 13.2. The molecule has 0 heteroatoms. The highest BCUT2D eigenvalue weighted by Gasteiger charge is 2.07. The molecule has 1 unspecified atom stereocenters. The fourth-order valence-electron chi connectivity index (χ4n) is 2.11. The Morgan fingerprint density at radius 3 is 2.56 bits per heavy atom. The van der Waals surface area contributed by atoms with Gasteiger partial charge in [0.05, 0.1) is 0 Å². The standard InChI is InChI=1S/C18H24/c1-4-6-7-8-9-10-11-17(5-2)18-14-12-16(3)13-15-18/h6,8-9,12-15,17H,1,5,7,10-11H2,2-3H3/b9-8-. The van der Waals surface area contributed by atoms with Crippen LogP contribution < -0.4 is 0 Å². The molecule has 1 aromatic carbocycles. The van der Waals surface area contributed by atoms with E-state index >= 15 is 0 Å². The molecule has 0 aromatic heterocycles. The van der Waals surface area contributed by atoms with Crippen molar-refractivity contribution in [3.05, 3.63) is 65.9 Å². The quantitative estimate of drug-likeness (QED) is 0.432. The van der Waals surface area contributed by atoms with E-state index in [0.29, 0.717) is 5.92 Å². The normalized spacial score (nSPS) is 12.3. The summed E-state index contributed by atoms with van der Waals surface area (Å²) in [5, 5.41) is 0. The number of benzene rings is 1. The average molecular weight is 240 g/mol. The first-order valence-electron chi connectivity index (χ1n) is 6.83. The minimum atomic E-state index is 0.685. The Labute approximate surface area is 112 Å². The van der Waals surface area contributed by atoms with Gasteiger partial charge in [-0.05, 0) is 50.2 Å². The summed E-state index contributed by atoms with van der Waals surface area (Å²) < 4.78 is 0. The van der Waals surface area contributed by atoms with Crippen molar-refractivity contribution in [2.24, 2.45) is 0 Å². The number of hydrogen-bond acceptors (Lipinski definition) is 0. The second kappa shape index (κ2) is 8.55. The fourth-order valence-corrected chi connectivity index (χ4v) is 2.11. The lowest BCUT2D eigenvalue weighted by molar-refractivity contribution is 0.612. The molecule has 0 saturated heterocycles. The Morgan fingerprint density at radius 1 is 1.22 bits per heavy atom. The molecule has 1 atom stereocenters. The van der Waals surface area contributed by atoms with E-state index in [-0.39, 0.29) is 0 Å². The predicted octanol–water partition coefficient (Wildman–Crippen LogP) is 5.56. The number of hydrogen-bond donors (Lipinski definition) is 0. The molecule has 0 nitrogen and oxygen atoms in total. The van der Waals surface area contributed by atoms with E-state index in [9.17, 15) is 0 Å². The first kappa shape index (κ1) is 14.5. The molecular formula is C18H24. The maximum Gasteiger partial charge on any atom is -0.00932 e. The van der Waals surface area contributed by atoms with Gasteiger partial charge in [-0.15, -0.1) is 5.73 Å². The van der Waals surface area contributed by atoms with Crippen LogP contribution in [-0.2, 0) is 0 Å². The molecule has 0 aliphatic carbocycles. The predicted molar refractivity (Wildman–Crippen MR) is 80.9 cm³/mol. The van der Waals surface area contributed by atoms with E-state index in [0.717, 1.165) is 12.8 Å². The van der Waals surface area contributed by atoms with Gasteiger partial charge in [0.15, 0.2) is 0 Å². The van der Waals surface area contributed by atoms with Gasteiger partial charge in [-0.2, -0.15) is 0 Å². The van der Waals surface area contributed by atoms with E-state index < -0.39 is 0 Å². The summed E-state index contributed by atoms with van der Waals surface area (Å²) in [5.41, 5.74) is 5.60. The van der Waals surface area contributed by atoms with Crippen molar-refractivity contribution in [3.63, 3.8) is 0 Å². The van der Waals surface area contributed by atoms with Crippen molar-refractivity contribution in [1.29, 1.82) is 0 Å². The van der Waals surface area contributed by atoms with Gasteiger partial charge in [0, 0.05) is 0 Å². The molecule has 96 valence electrons. The molecule has 0 bridgehead atoms. The number of allylic oxidation sites excluding steroid dienone is 3. The first-order chi connectivity index (χ1) is 8.77. The molecule has 0 saturated carbocycles. The smallest absolute Gasteiger partial charge is 0.00932 e. The summed E-state index contributed by atoms with van der Waals surface area (Å²) in [6.07, 6.45) is 11.0. The summed E-state index contributed by atoms with van der Waals surface area (Å²) in [5.74, 6) is 0.685. The lowest BCUT2D eigenvalue weighted by Gasteiger charge is -2.14. The van der Waals surface area contributed by atoms with Crippen molar-refractivity contribution in [2.45, 2.75) is 45.4 Å². The zero-order valence-electron chi connectivity index (χ0n) is 11.7. The second-order valence-electron chi connectivity index (χ2n) is 4.71. The van der Waals surface area contributed by atoms with Crippen LogP contribution in [0, 0.1) is 6.92 Å². The third-order valence-electron chi connectivity index (χ3n) is 3.29. The van der Waals surface area contributed by atoms with E-state index in [1.165, 1.54) is 24.0 Å². The van der Waals surface area contributed by atoms with E-state index in [4.69, 9.17) is 0 Å². The lowest BCUT2D eigenvalue weighted by atomic mass is 9.91. The molecule has 0 aliphatic heterocycles. The molecule has 1 rings (SSSR count). The average Bonchev–Trinajstić information content (AvgIpc) is 2.39. The van der Waals surface area contributed by atoms with Crippen LogP contribution in [-0.4, -0.2) is 0 Å². The van der Waals surface area contributed by atoms with Crippen LogP contribution in [0.4, 0.5) is 0 Å². The van der Waals surface area contributed by atoms with E-state index in [1.54, 1.807) is 0 Å². The van der Waals surface area contributed by atoms with Gasteiger partial charge in [0.1, 0.15) is 0 Å². The minimum absolute atomic E-state index is 0.685. The summed E-state index contributed by atoms with van der Waals surface area (Å²) >= 11 is 0. The zero-order valence-corrected chi connectivity index (χ0v) is 11.7. The lowest BCUT2D eigenvalue weighted by Crippen LogP contribution is -1.96. The van der Waals surface area contributed by atoms with E-state index in [1.807, 2.05) is 6.08 Å². The molecule has 0 amide bonds. The molecule has 1 aromatic rings. The van der Waals surface area contributed by atoms with Crippen LogP contribution in [0.1, 0.15) is 49.7 Å². The fraction of sp³-hybridized carbons (Fsp3) is 0.389. The molecule has 0 fully saturated rings. The van der Waals surface area contributed by atoms with E-state index in [2.05, 4.69) is 62.6 Å². The topological polar surface area (TPSA) is 0 Å². The van der Waals surface area contributed by atoms with Crippen molar-refractivity contribution in [1.82, 2.24) is 0 Å². The van der Waals surface area contributed by atoms with Gasteiger partial charge in [-0.3, -0.25) is 0 Å². The first-order valence-corrected chi connectivity index (χ1v) is 6.83. The molecular weight excluding hydrogens is 216 g/mol.